The summed E-state index contributed by atoms with van der Waals surface area (Å²) in [6.07, 6.45) is 0.735. The average Bonchev–Trinajstić information content (AvgIpc) is 2.58. The Morgan fingerprint density at radius 2 is 1.63 bits per heavy atom. The van der Waals surface area contributed by atoms with Crippen LogP contribution in [0.1, 0.15) is 27.2 Å². The maximum Gasteiger partial charge on any atom is 0.331 e. The number of esters is 3. The Balaban J connectivity index is 3.01. The zero-order valence-corrected chi connectivity index (χ0v) is 15.7. The fourth-order valence-electron chi connectivity index (χ4n) is 2.06. The fourth-order valence-corrected chi connectivity index (χ4v) is 2.06. The third kappa shape index (κ3) is 8.61. The van der Waals surface area contributed by atoms with Gasteiger partial charge in [-0.15, -0.1) is 0 Å². The molecule has 0 bridgehead atoms. The Hall–Kier alpha value is -2.52. The average molecular weight is 384 g/mol. The van der Waals surface area contributed by atoms with E-state index >= 15 is 0 Å². The van der Waals surface area contributed by atoms with Crippen molar-refractivity contribution in [1.29, 1.82) is 0 Å². The molecule has 150 valence electrons. The number of hydrogen-bond acceptors (Lipinski definition) is 9. The highest BCUT2D eigenvalue weighted by molar-refractivity contribution is 5.99. The van der Waals surface area contributed by atoms with E-state index < -0.39 is 48.1 Å². The molecule has 0 amide bonds. The minimum Gasteiger partial charge on any atom is -0.459 e. The minimum atomic E-state index is -1.09. The monoisotopic (exact) mass is 384 g/mol. The predicted octanol–water partition coefficient (Wildman–Crippen LogP) is 0.856. The molecule has 27 heavy (non-hydrogen) atoms. The van der Waals surface area contributed by atoms with E-state index in [0.717, 1.165) is 18.2 Å². The molecule has 4 atom stereocenters. The first-order chi connectivity index (χ1) is 12.7. The summed E-state index contributed by atoms with van der Waals surface area (Å²) in [5.41, 5.74) is 0. The van der Waals surface area contributed by atoms with E-state index in [1.54, 1.807) is 6.92 Å². The fraction of sp³-hybridized carbons (Fsp3) is 0.556. The molecule has 0 unspecified atom stereocenters. The summed E-state index contributed by atoms with van der Waals surface area (Å²) in [5.74, 6) is -2.80. The van der Waals surface area contributed by atoms with Crippen LogP contribution in [0.15, 0.2) is 24.3 Å². The van der Waals surface area contributed by atoms with Crippen molar-refractivity contribution >= 4 is 23.7 Å². The first-order valence-electron chi connectivity index (χ1n) is 8.34. The number of ketones is 1. The maximum atomic E-state index is 11.9. The van der Waals surface area contributed by atoms with Crippen LogP contribution in [-0.4, -0.2) is 62.0 Å². The molecule has 0 aliphatic carbocycles. The van der Waals surface area contributed by atoms with Crippen LogP contribution in [0.2, 0.25) is 0 Å². The van der Waals surface area contributed by atoms with E-state index in [1.165, 1.54) is 27.0 Å². The summed E-state index contributed by atoms with van der Waals surface area (Å²) in [6, 6.07) is 0. The molecule has 0 aromatic heterocycles. The third-order valence-electron chi connectivity index (χ3n) is 3.43. The van der Waals surface area contributed by atoms with Gasteiger partial charge >= 0.3 is 17.9 Å². The smallest absolute Gasteiger partial charge is 0.331 e. The van der Waals surface area contributed by atoms with Crippen LogP contribution in [0, 0.1) is 0 Å². The zero-order chi connectivity index (χ0) is 20.4. The van der Waals surface area contributed by atoms with Crippen LogP contribution >= 0.6 is 0 Å². The molecule has 9 heteroatoms. The number of ether oxygens (including phenoxy) is 5. The van der Waals surface area contributed by atoms with Gasteiger partial charge in [-0.2, -0.15) is 0 Å². The van der Waals surface area contributed by atoms with Gasteiger partial charge in [-0.3, -0.25) is 9.59 Å². The lowest BCUT2D eigenvalue weighted by Gasteiger charge is -2.21. The summed E-state index contributed by atoms with van der Waals surface area (Å²) in [4.78, 5) is 47.4. The van der Waals surface area contributed by atoms with Crippen molar-refractivity contribution in [3.63, 3.8) is 0 Å². The third-order valence-corrected chi connectivity index (χ3v) is 3.43. The topological polar surface area (TPSA) is 114 Å². The van der Waals surface area contributed by atoms with Crippen molar-refractivity contribution in [1.82, 2.24) is 0 Å². The second-order valence-corrected chi connectivity index (χ2v) is 5.86. The van der Waals surface area contributed by atoms with Crippen molar-refractivity contribution in [3.05, 3.63) is 24.3 Å². The second kappa shape index (κ2) is 11.2. The number of carbonyl (C=O) groups is 4. The van der Waals surface area contributed by atoms with Gasteiger partial charge in [0.05, 0.1) is 6.42 Å². The molecular weight excluding hydrogens is 360 g/mol. The molecule has 0 spiro atoms. The maximum absolute atomic E-state index is 11.9. The molecule has 0 saturated heterocycles. The molecule has 0 aromatic carbocycles. The molecule has 1 rings (SSSR count). The predicted molar refractivity (Wildman–Crippen MR) is 91.3 cm³/mol. The summed E-state index contributed by atoms with van der Waals surface area (Å²) in [6.45, 7) is 4.35. The Morgan fingerprint density at radius 3 is 2.30 bits per heavy atom. The van der Waals surface area contributed by atoms with E-state index in [-0.39, 0.29) is 13.2 Å². The molecule has 0 aromatic rings. The van der Waals surface area contributed by atoms with E-state index in [2.05, 4.69) is 0 Å². The highest BCUT2D eigenvalue weighted by Gasteiger charge is 2.22. The van der Waals surface area contributed by atoms with Crippen molar-refractivity contribution in [2.75, 3.05) is 13.9 Å². The molecule has 1 aliphatic rings. The lowest BCUT2D eigenvalue weighted by molar-refractivity contribution is -0.157. The van der Waals surface area contributed by atoms with E-state index in [4.69, 9.17) is 23.7 Å². The lowest BCUT2D eigenvalue weighted by atomic mass is 10.2. The standard InChI is InChI=1S/C18H24O9/c1-11-9-18(22)26-12(2)14(19)5-7-17(21)27-13(3)15(24-10-23-4)6-8-16(20)25-11/h5-8,11-13,15H,9-10H2,1-4H3/b7-5+,8-6+/t11-,12-,13-,15+/m0/s1. The van der Waals surface area contributed by atoms with Crippen LogP contribution in [0.3, 0.4) is 0 Å². The van der Waals surface area contributed by atoms with Crippen LogP contribution in [0.5, 0.6) is 0 Å². The quantitative estimate of drug-likeness (QED) is 0.397. The number of methoxy groups -OCH3 is 1. The van der Waals surface area contributed by atoms with Gasteiger partial charge < -0.3 is 23.7 Å². The van der Waals surface area contributed by atoms with Gasteiger partial charge in [0, 0.05) is 19.3 Å². The normalized spacial score (nSPS) is 30.8. The molecule has 0 saturated carbocycles. The van der Waals surface area contributed by atoms with Gasteiger partial charge in [0.15, 0.2) is 11.9 Å². The SMILES string of the molecule is COCO[C@@H]1/C=C/C(=O)O[C@@H](C)CC(=O)O[C@@H](C)C(=O)/C=C/C(=O)O[C@H]1C. The van der Waals surface area contributed by atoms with Crippen molar-refractivity contribution in [3.8, 4) is 0 Å². The first-order valence-corrected chi connectivity index (χ1v) is 8.34. The highest BCUT2D eigenvalue weighted by atomic mass is 16.7. The molecule has 0 fully saturated rings. The first kappa shape index (κ1) is 22.5. The van der Waals surface area contributed by atoms with Gasteiger partial charge in [0.2, 0.25) is 0 Å². The number of hydrogen-bond donors (Lipinski definition) is 0. The Labute approximate surface area is 157 Å². The largest absolute Gasteiger partial charge is 0.459 e. The van der Waals surface area contributed by atoms with E-state index in [0.29, 0.717) is 0 Å². The summed E-state index contributed by atoms with van der Waals surface area (Å²) in [7, 11) is 1.42. The highest BCUT2D eigenvalue weighted by Crippen LogP contribution is 2.10. The van der Waals surface area contributed by atoms with E-state index in [9.17, 15) is 19.2 Å². The van der Waals surface area contributed by atoms with Gasteiger partial charge in [-0.25, -0.2) is 9.59 Å². The Bertz CT molecular complexity index is 608. The van der Waals surface area contributed by atoms with Gasteiger partial charge in [-0.1, -0.05) is 0 Å². The summed E-state index contributed by atoms with van der Waals surface area (Å²) >= 11 is 0. The van der Waals surface area contributed by atoms with Crippen molar-refractivity contribution in [2.45, 2.75) is 51.6 Å². The molecule has 9 nitrogen and oxygen atoms in total. The molecule has 1 heterocycles. The molecular formula is C18H24O9. The Morgan fingerprint density at radius 1 is 0.963 bits per heavy atom. The summed E-state index contributed by atoms with van der Waals surface area (Å²) < 4.78 is 25.4. The molecule has 0 radical (unpaired) electrons. The molecule has 1 aliphatic heterocycles. The van der Waals surface area contributed by atoms with E-state index in [1.807, 2.05) is 0 Å². The van der Waals surface area contributed by atoms with Gasteiger partial charge in [-0.05, 0) is 32.9 Å². The summed E-state index contributed by atoms with van der Waals surface area (Å²) in [5, 5.41) is 0. The lowest BCUT2D eigenvalue weighted by Crippen LogP contribution is -2.31. The minimum absolute atomic E-state index is 0.0972. The zero-order valence-electron chi connectivity index (χ0n) is 15.7. The second-order valence-electron chi connectivity index (χ2n) is 5.86. The van der Waals surface area contributed by atoms with Crippen LogP contribution < -0.4 is 0 Å². The van der Waals surface area contributed by atoms with Crippen LogP contribution in [0.4, 0.5) is 0 Å². The van der Waals surface area contributed by atoms with Gasteiger partial charge in [0.1, 0.15) is 25.1 Å². The van der Waals surface area contributed by atoms with Crippen molar-refractivity contribution in [2.24, 2.45) is 0 Å². The number of cyclic esters (lactones) is 3. The van der Waals surface area contributed by atoms with Crippen molar-refractivity contribution < 1.29 is 42.9 Å². The van der Waals surface area contributed by atoms with Crippen LogP contribution in [-0.2, 0) is 42.9 Å². The number of rotatable bonds is 3. The Kier molecular flexibility index (Phi) is 9.38. The molecule has 0 N–H and O–H groups in total. The van der Waals surface area contributed by atoms with Crippen LogP contribution in [0.25, 0.3) is 0 Å². The number of carbonyl (C=O) groups excluding carboxylic acids is 4. The van der Waals surface area contributed by atoms with Gasteiger partial charge in [0.25, 0.3) is 0 Å².